The van der Waals surface area contributed by atoms with E-state index in [1.807, 2.05) is 36.7 Å². The highest BCUT2D eigenvalue weighted by Gasteiger charge is 2.05. The Balaban J connectivity index is 0.000000174. The van der Waals surface area contributed by atoms with Crippen LogP contribution in [0.3, 0.4) is 0 Å². The van der Waals surface area contributed by atoms with Gasteiger partial charge in [-0.1, -0.05) is 29.8 Å². The van der Waals surface area contributed by atoms with Gasteiger partial charge in [-0.05, 0) is 24.3 Å². The molecule has 3 N–H and O–H groups in total. The highest BCUT2D eigenvalue weighted by Crippen LogP contribution is 2.31. The van der Waals surface area contributed by atoms with Crippen LogP contribution < -0.4 is 5.73 Å². The van der Waals surface area contributed by atoms with Crippen LogP contribution in [-0.4, -0.2) is 4.98 Å². The lowest BCUT2D eigenvalue weighted by atomic mass is 10.1. The Morgan fingerprint density at radius 1 is 1.13 bits per heavy atom. The number of aromatic amines is 1. The molecule has 3 rings (SSSR count). The highest BCUT2D eigenvalue weighted by atomic mass is 35.5. The number of nitrogens with zero attached hydrogens (tertiary/aromatic N) is 1. The molecule has 0 aliphatic heterocycles. The Labute approximate surface area is 143 Å². The molecule has 1 heterocycles. The van der Waals surface area contributed by atoms with Crippen molar-refractivity contribution in [1.82, 2.24) is 4.98 Å². The van der Waals surface area contributed by atoms with Gasteiger partial charge < -0.3 is 10.7 Å². The van der Waals surface area contributed by atoms with Crippen molar-refractivity contribution in [1.29, 1.82) is 5.26 Å². The number of H-pyrrole nitrogens is 1. The van der Waals surface area contributed by atoms with Gasteiger partial charge in [0.2, 0.25) is 0 Å². The number of nitrogens with one attached hydrogen (secondary N) is 1. The SMILES string of the molecule is N#Cc1ccc(N)c(F)c1.Sc1c[nH]cc1-c1ccccc1Cl. The lowest BCUT2D eigenvalue weighted by Gasteiger charge is -2.01. The summed E-state index contributed by atoms with van der Waals surface area (Å²) in [6.07, 6.45) is 3.73. The fourth-order valence-electron chi connectivity index (χ4n) is 1.85. The summed E-state index contributed by atoms with van der Waals surface area (Å²) in [7, 11) is 0. The van der Waals surface area contributed by atoms with Gasteiger partial charge in [0.1, 0.15) is 5.82 Å². The molecule has 6 heteroatoms. The van der Waals surface area contributed by atoms with Crippen LogP contribution in [0.4, 0.5) is 10.1 Å². The number of nitrogen functional groups attached to an aromatic ring is 1. The Bertz CT molecular complexity index is 855. The number of hydrogen-bond donors (Lipinski definition) is 3. The van der Waals surface area contributed by atoms with Gasteiger partial charge in [-0.3, -0.25) is 0 Å². The zero-order valence-corrected chi connectivity index (χ0v) is 13.6. The second-order valence-corrected chi connectivity index (χ2v) is 5.47. The standard InChI is InChI=1S/C10H8ClNS.C7H5FN2/c11-9-4-2-1-3-7(9)8-5-12-6-10(8)13;8-6-3-5(4-9)1-2-7(6)10/h1-6,12-13H;1-3H,10H2. The third-order valence-electron chi connectivity index (χ3n) is 3.02. The smallest absolute Gasteiger partial charge is 0.147 e. The second kappa shape index (κ2) is 7.73. The summed E-state index contributed by atoms with van der Waals surface area (Å²) < 4.78 is 12.5. The lowest BCUT2D eigenvalue weighted by molar-refractivity contribution is 0.632. The first kappa shape index (κ1) is 16.9. The summed E-state index contributed by atoms with van der Waals surface area (Å²) in [5.74, 6) is -0.543. The van der Waals surface area contributed by atoms with Crippen LogP contribution in [0.25, 0.3) is 11.1 Å². The minimum absolute atomic E-state index is 0.0685. The normalized spacial score (nSPS) is 9.65. The molecule has 23 heavy (non-hydrogen) atoms. The van der Waals surface area contributed by atoms with Gasteiger partial charge in [0.25, 0.3) is 0 Å². The first-order valence-corrected chi connectivity index (χ1v) is 7.41. The van der Waals surface area contributed by atoms with E-state index in [1.165, 1.54) is 12.1 Å². The van der Waals surface area contributed by atoms with Crippen molar-refractivity contribution < 1.29 is 4.39 Å². The molecular formula is C17H13ClFN3S. The number of hydrogen-bond acceptors (Lipinski definition) is 3. The number of rotatable bonds is 1. The maximum atomic E-state index is 12.5. The molecule has 0 saturated carbocycles. The largest absolute Gasteiger partial charge is 0.396 e. The summed E-state index contributed by atoms with van der Waals surface area (Å²) in [5.41, 5.74) is 7.56. The third kappa shape index (κ3) is 4.28. The topological polar surface area (TPSA) is 65.6 Å². The molecule has 0 saturated heterocycles. The molecule has 0 fully saturated rings. The second-order valence-electron chi connectivity index (χ2n) is 4.58. The van der Waals surface area contributed by atoms with E-state index in [9.17, 15) is 4.39 Å². The maximum absolute atomic E-state index is 12.5. The van der Waals surface area contributed by atoms with E-state index < -0.39 is 5.82 Å². The quantitative estimate of drug-likeness (QED) is 0.433. The van der Waals surface area contributed by atoms with Crippen molar-refractivity contribution in [2.24, 2.45) is 0 Å². The highest BCUT2D eigenvalue weighted by molar-refractivity contribution is 7.80. The van der Waals surface area contributed by atoms with Crippen LogP contribution in [0.15, 0.2) is 59.8 Å². The first-order valence-electron chi connectivity index (χ1n) is 6.58. The molecule has 1 aromatic heterocycles. The van der Waals surface area contributed by atoms with Crippen LogP contribution in [0.1, 0.15) is 5.56 Å². The predicted octanol–water partition coefficient (Wildman–Crippen LogP) is 4.90. The Kier molecular flexibility index (Phi) is 5.69. The average Bonchev–Trinajstić information content (AvgIpc) is 2.97. The zero-order chi connectivity index (χ0) is 16.8. The molecule has 2 aromatic carbocycles. The van der Waals surface area contributed by atoms with Crippen molar-refractivity contribution in [3.05, 3.63) is 71.3 Å². The maximum Gasteiger partial charge on any atom is 0.147 e. The molecule has 0 spiro atoms. The molecule has 0 unspecified atom stereocenters. The first-order chi connectivity index (χ1) is 11.0. The summed E-state index contributed by atoms with van der Waals surface area (Å²) in [6, 6.07) is 13.5. The summed E-state index contributed by atoms with van der Waals surface area (Å²) in [4.78, 5) is 3.90. The molecule has 0 aliphatic rings. The zero-order valence-electron chi connectivity index (χ0n) is 11.9. The molecule has 116 valence electrons. The minimum atomic E-state index is -0.543. The van der Waals surface area contributed by atoms with Gasteiger partial charge in [-0.15, -0.1) is 12.6 Å². The molecule has 0 bridgehead atoms. The van der Waals surface area contributed by atoms with E-state index in [-0.39, 0.29) is 11.3 Å². The van der Waals surface area contributed by atoms with E-state index in [1.54, 1.807) is 6.07 Å². The molecule has 3 nitrogen and oxygen atoms in total. The van der Waals surface area contributed by atoms with Gasteiger partial charge in [0.05, 0.1) is 17.3 Å². The van der Waals surface area contributed by atoms with Crippen LogP contribution >= 0.6 is 24.2 Å². The van der Waals surface area contributed by atoms with Crippen molar-refractivity contribution >= 4 is 29.9 Å². The third-order valence-corrected chi connectivity index (χ3v) is 3.72. The van der Waals surface area contributed by atoms with Crippen molar-refractivity contribution in [3.8, 4) is 17.2 Å². The molecule has 3 aromatic rings. The fraction of sp³-hybridized carbons (Fsp3) is 0. The average molecular weight is 346 g/mol. The Morgan fingerprint density at radius 2 is 1.87 bits per heavy atom. The number of anilines is 1. The number of benzene rings is 2. The van der Waals surface area contributed by atoms with Crippen molar-refractivity contribution in [3.63, 3.8) is 0 Å². The number of thiol groups is 1. The van der Waals surface area contributed by atoms with E-state index in [4.69, 9.17) is 22.6 Å². The van der Waals surface area contributed by atoms with E-state index >= 15 is 0 Å². The van der Waals surface area contributed by atoms with E-state index in [0.29, 0.717) is 0 Å². The molecule has 0 atom stereocenters. The molecular weight excluding hydrogens is 333 g/mol. The van der Waals surface area contributed by atoms with Gasteiger partial charge in [0.15, 0.2) is 0 Å². The number of aromatic nitrogens is 1. The van der Waals surface area contributed by atoms with Gasteiger partial charge in [-0.2, -0.15) is 5.26 Å². The van der Waals surface area contributed by atoms with Gasteiger partial charge in [-0.25, -0.2) is 4.39 Å². The van der Waals surface area contributed by atoms with Crippen LogP contribution in [-0.2, 0) is 0 Å². The molecule has 0 amide bonds. The van der Waals surface area contributed by atoms with Gasteiger partial charge in [0, 0.05) is 33.4 Å². The van der Waals surface area contributed by atoms with E-state index in [2.05, 4.69) is 17.6 Å². The van der Waals surface area contributed by atoms with Gasteiger partial charge >= 0.3 is 0 Å². The van der Waals surface area contributed by atoms with Crippen molar-refractivity contribution in [2.75, 3.05) is 5.73 Å². The molecule has 0 aliphatic carbocycles. The lowest BCUT2D eigenvalue weighted by Crippen LogP contribution is -1.89. The van der Waals surface area contributed by atoms with Crippen LogP contribution in [0, 0.1) is 17.1 Å². The number of halogens is 2. The summed E-state index contributed by atoms with van der Waals surface area (Å²) in [5, 5.41) is 9.04. The monoisotopic (exact) mass is 345 g/mol. The Morgan fingerprint density at radius 3 is 2.43 bits per heavy atom. The number of nitrogens with two attached hydrogens (primary N) is 1. The minimum Gasteiger partial charge on any atom is -0.396 e. The van der Waals surface area contributed by atoms with Crippen LogP contribution in [0.2, 0.25) is 5.02 Å². The van der Waals surface area contributed by atoms with Crippen LogP contribution in [0.5, 0.6) is 0 Å². The Hall–Kier alpha value is -2.42. The molecule has 0 radical (unpaired) electrons. The summed E-state index contributed by atoms with van der Waals surface area (Å²) >= 11 is 10.4. The fourth-order valence-corrected chi connectivity index (χ4v) is 2.34. The predicted molar refractivity (Wildman–Crippen MR) is 94.0 cm³/mol. The van der Waals surface area contributed by atoms with Crippen molar-refractivity contribution in [2.45, 2.75) is 4.90 Å². The summed E-state index contributed by atoms with van der Waals surface area (Å²) in [6.45, 7) is 0. The van der Waals surface area contributed by atoms with E-state index in [0.717, 1.165) is 27.1 Å². The number of nitriles is 1.